The van der Waals surface area contributed by atoms with Crippen LogP contribution in [0, 0.1) is 0 Å². The van der Waals surface area contributed by atoms with Crippen molar-refractivity contribution >= 4 is 17.0 Å². The Morgan fingerprint density at radius 2 is 2.50 bits per heavy atom. The second-order valence-electron chi connectivity index (χ2n) is 1.29. The van der Waals surface area contributed by atoms with Crippen LogP contribution in [0.25, 0.3) is 0 Å². The van der Waals surface area contributed by atoms with Gasteiger partial charge in [-0.3, -0.25) is 4.79 Å². The van der Waals surface area contributed by atoms with E-state index < -0.39 is 17.0 Å². The van der Waals surface area contributed by atoms with Gasteiger partial charge < -0.3 is 4.18 Å². The summed E-state index contributed by atoms with van der Waals surface area (Å²) >= 11 is -1.50. The topological polar surface area (TPSA) is 43.4 Å². The first-order valence-corrected chi connectivity index (χ1v) is 3.21. The highest BCUT2D eigenvalue weighted by atomic mass is 32.2. The minimum atomic E-state index is -1.50. The van der Waals surface area contributed by atoms with Gasteiger partial charge in [0, 0.05) is 5.41 Å². The van der Waals surface area contributed by atoms with Gasteiger partial charge in [-0.2, -0.15) is 0 Å². The van der Waals surface area contributed by atoms with Crippen molar-refractivity contribution in [3.63, 3.8) is 0 Å². The summed E-state index contributed by atoms with van der Waals surface area (Å²) in [6.07, 6.45) is 1.77. The van der Waals surface area contributed by atoms with Gasteiger partial charge in [0.15, 0.2) is 0 Å². The summed E-state index contributed by atoms with van der Waals surface area (Å²) < 4.78 is 14.5. The van der Waals surface area contributed by atoms with E-state index in [0.717, 1.165) is 0 Å². The molecule has 4 heteroatoms. The first-order valence-electron chi connectivity index (χ1n) is 2.07. The highest BCUT2D eigenvalue weighted by Gasteiger charge is 2.08. The van der Waals surface area contributed by atoms with E-state index in [1.807, 2.05) is 0 Å². The molecule has 0 amide bonds. The fourth-order valence-electron chi connectivity index (χ4n) is 0.376. The van der Waals surface area contributed by atoms with E-state index in [9.17, 15) is 9.00 Å². The number of hydrogen-bond acceptors (Lipinski definition) is 3. The molecule has 0 aromatic carbocycles. The van der Waals surface area contributed by atoms with E-state index in [1.165, 1.54) is 11.5 Å². The average molecular weight is 132 g/mol. The monoisotopic (exact) mass is 132 g/mol. The molecule has 0 spiro atoms. The molecule has 0 N–H and O–H groups in total. The van der Waals surface area contributed by atoms with Crippen molar-refractivity contribution < 1.29 is 13.2 Å². The zero-order valence-corrected chi connectivity index (χ0v) is 4.81. The normalized spacial score (nSPS) is 27.5. The van der Waals surface area contributed by atoms with Gasteiger partial charge in [-0.15, -0.1) is 0 Å². The summed E-state index contributed by atoms with van der Waals surface area (Å²) in [4.78, 5) is 10.2. The Balaban J connectivity index is 2.68. The molecular weight excluding hydrogens is 128 g/mol. The van der Waals surface area contributed by atoms with Gasteiger partial charge >= 0.3 is 5.97 Å². The molecule has 1 rings (SSSR count). The van der Waals surface area contributed by atoms with Gasteiger partial charge in [0.2, 0.25) is 11.1 Å². The summed E-state index contributed by atoms with van der Waals surface area (Å²) in [5, 5.41) is 1.35. The molecule has 8 heavy (non-hydrogen) atoms. The van der Waals surface area contributed by atoms with E-state index in [0.29, 0.717) is 0 Å². The zero-order chi connectivity index (χ0) is 5.98. The molecule has 0 saturated heterocycles. The molecule has 1 unspecified atom stereocenters. The predicted molar refractivity (Wildman–Crippen MR) is 28.0 cm³/mol. The molecule has 1 aliphatic heterocycles. The van der Waals surface area contributed by atoms with Gasteiger partial charge in [0.1, 0.15) is 0 Å². The maximum atomic E-state index is 10.3. The molecule has 0 fully saturated rings. The fraction of sp³-hybridized carbons (Fsp3) is 0.250. The Morgan fingerprint density at radius 1 is 1.75 bits per heavy atom. The Bertz CT molecular complexity index is 161. The van der Waals surface area contributed by atoms with Gasteiger partial charge in [0.05, 0.1) is 6.42 Å². The van der Waals surface area contributed by atoms with Crippen LogP contribution in [0.5, 0.6) is 0 Å². The standard InChI is InChI=1S/C4H4O3S/c5-4-2-1-3-8(6)7-4/h1,3H,2H2. The average Bonchev–Trinajstić information content (AvgIpc) is 1.64. The van der Waals surface area contributed by atoms with Crippen molar-refractivity contribution in [2.45, 2.75) is 6.42 Å². The molecule has 1 atom stereocenters. The van der Waals surface area contributed by atoms with Crippen molar-refractivity contribution in [3.8, 4) is 0 Å². The Labute approximate surface area is 49.0 Å². The van der Waals surface area contributed by atoms with E-state index in [2.05, 4.69) is 4.18 Å². The van der Waals surface area contributed by atoms with Crippen molar-refractivity contribution in [2.75, 3.05) is 0 Å². The van der Waals surface area contributed by atoms with Crippen LogP contribution in [0.2, 0.25) is 0 Å². The molecule has 0 aromatic heterocycles. The quantitative estimate of drug-likeness (QED) is 0.470. The van der Waals surface area contributed by atoms with Crippen molar-refractivity contribution in [1.29, 1.82) is 0 Å². The van der Waals surface area contributed by atoms with Crippen LogP contribution in [-0.4, -0.2) is 10.2 Å². The molecule has 1 heterocycles. The van der Waals surface area contributed by atoms with Crippen LogP contribution in [0.1, 0.15) is 6.42 Å². The molecule has 1 aliphatic rings. The molecule has 44 valence electrons. The summed E-state index contributed by atoms with van der Waals surface area (Å²) in [6.45, 7) is 0. The fourth-order valence-corrected chi connectivity index (χ4v) is 0.936. The number of hydrogen-bond donors (Lipinski definition) is 0. The molecule has 0 radical (unpaired) electrons. The van der Waals surface area contributed by atoms with Crippen molar-refractivity contribution in [1.82, 2.24) is 0 Å². The lowest BCUT2D eigenvalue weighted by Gasteiger charge is -2.00. The van der Waals surface area contributed by atoms with E-state index in [4.69, 9.17) is 0 Å². The first-order chi connectivity index (χ1) is 3.79. The van der Waals surface area contributed by atoms with Gasteiger partial charge in [-0.25, -0.2) is 4.21 Å². The smallest absolute Gasteiger partial charge is 0.324 e. The van der Waals surface area contributed by atoms with Gasteiger partial charge in [0.25, 0.3) is 0 Å². The Hall–Kier alpha value is -0.640. The molecule has 0 aromatic rings. The van der Waals surface area contributed by atoms with Crippen LogP contribution in [0.3, 0.4) is 0 Å². The third kappa shape index (κ3) is 1.16. The first kappa shape index (κ1) is 5.50. The van der Waals surface area contributed by atoms with Crippen LogP contribution in [0.15, 0.2) is 11.5 Å². The van der Waals surface area contributed by atoms with Gasteiger partial charge in [-0.05, 0) is 0 Å². The highest BCUT2D eigenvalue weighted by Crippen LogP contribution is 2.01. The molecule has 0 bridgehead atoms. The Morgan fingerprint density at radius 3 is 2.88 bits per heavy atom. The van der Waals surface area contributed by atoms with E-state index >= 15 is 0 Å². The third-order valence-corrected chi connectivity index (χ3v) is 1.43. The zero-order valence-electron chi connectivity index (χ0n) is 3.99. The largest absolute Gasteiger partial charge is 0.361 e. The molecule has 0 aliphatic carbocycles. The van der Waals surface area contributed by atoms with Crippen LogP contribution in [0.4, 0.5) is 0 Å². The lowest BCUT2D eigenvalue weighted by molar-refractivity contribution is -0.132. The minimum absolute atomic E-state index is 0.242. The summed E-state index contributed by atoms with van der Waals surface area (Å²) in [5.41, 5.74) is 0. The van der Waals surface area contributed by atoms with Crippen LogP contribution < -0.4 is 0 Å². The number of rotatable bonds is 0. The van der Waals surface area contributed by atoms with E-state index in [1.54, 1.807) is 0 Å². The maximum absolute atomic E-state index is 10.3. The van der Waals surface area contributed by atoms with Crippen LogP contribution >= 0.6 is 0 Å². The lowest BCUT2D eigenvalue weighted by atomic mass is 10.4. The maximum Gasteiger partial charge on any atom is 0.324 e. The summed E-state index contributed by atoms with van der Waals surface area (Å²) in [6, 6.07) is 0. The van der Waals surface area contributed by atoms with E-state index in [-0.39, 0.29) is 6.42 Å². The molecule has 3 nitrogen and oxygen atoms in total. The number of carbonyl (C=O) groups is 1. The summed E-state index contributed by atoms with van der Waals surface area (Å²) in [7, 11) is 0. The Kier molecular flexibility index (Phi) is 1.43. The van der Waals surface area contributed by atoms with Crippen molar-refractivity contribution in [3.05, 3.63) is 11.5 Å². The second kappa shape index (κ2) is 2.09. The van der Waals surface area contributed by atoms with Crippen molar-refractivity contribution in [2.24, 2.45) is 0 Å². The van der Waals surface area contributed by atoms with Crippen LogP contribution in [-0.2, 0) is 20.1 Å². The predicted octanol–water partition coefficient (Wildman–Crippen LogP) is 0.111. The third-order valence-electron chi connectivity index (χ3n) is 0.667. The molecule has 0 saturated carbocycles. The van der Waals surface area contributed by atoms with Gasteiger partial charge in [-0.1, -0.05) is 6.08 Å². The SMILES string of the molecule is O=C1CC=CS(=O)O1. The highest BCUT2D eigenvalue weighted by molar-refractivity contribution is 7.83. The molecular formula is C4H4O3S. The second-order valence-corrected chi connectivity index (χ2v) is 2.25. The number of carbonyl (C=O) groups excluding carboxylic acids is 1. The minimum Gasteiger partial charge on any atom is -0.361 e. The lowest BCUT2D eigenvalue weighted by Crippen LogP contribution is -2.07. The summed E-state index contributed by atoms with van der Waals surface area (Å²) in [5.74, 6) is -0.425.